The van der Waals surface area contributed by atoms with Gasteiger partial charge in [0, 0.05) is 5.56 Å². The van der Waals surface area contributed by atoms with Gasteiger partial charge in [0.1, 0.15) is 5.75 Å². The van der Waals surface area contributed by atoms with E-state index in [0.29, 0.717) is 28.6 Å². The summed E-state index contributed by atoms with van der Waals surface area (Å²) >= 11 is 0. The van der Waals surface area contributed by atoms with E-state index < -0.39 is 0 Å². The van der Waals surface area contributed by atoms with Crippen molar-refractivity contribution in [1.29, 1.82) is 0 Å². The molecule has 4 heteroatoms. The van der Waals surface area contributed by atoms with E-state index in [4.69, 9.17) is 14.2 Å². The molecule has 2 aromatic rings. The zero-order chi connectivity index (χ0) is 14.5. The van der Waals surface area contributed by atoms with Gasteiger partial charge in [-0.1, -0.05) is 18.2 Å². The Morgan fingerprint density at radius 3 is 2.10 bits per heavy atom. The molecule has 0 fully saturated rings. The van der Waals surface area contributed by atoms with Crippen LogP contribution in [0.15, 0.2) is 42.5 Å². The average Bonchev–Trinajstić information content (AvgIpc) is 2.47. The summed E-state index contributed by atoms with van der Waals surface area (Å²) in [4.78, 5) is 11.4. The molecule has 0 heterocycles. The molecule has 0 aliphatic carbocycles. The molecule has 0 amide bonds. The molecule has 0 aliphatic heterocycles. The predicted molar refractivity (Wildman–Crippen MR) is 76.1 cm³/mol. The molecule has 0 radical (unpaired) electrons. The fourth-order valence-electron chi connectivity index (χ4n) is 1.81. The van der Waals surface area contributed by atoms with Crippen molar-refractivity contribution in [3.63, 3.8) is 0 Å². The highest BCUT2D eigenvalue weighted by Crippen LogP contribution is 2.39. The fourth-order valence-corrected chi connectivity index (χ4v) is 1.81. The molecule has 0 atom stereocenters. The SMILES string of the molecule is COc1cccc(OC)c1Oc1cccc(C(C)=O)c1. The molecule has 0 N–H and O–H groups in total. The minimum Gasteiger partial charge on any atom is -0.493 e. The maximum atomic E-state index is 11.4. The Kier molecular flexibility index (Phi) is 4.25. The quantitative estimate of drug-likeness (QED) is 0.778. The molecule has 2 rings (SSSR count). The Bertz CT molecular complexity index is 597. The monoisotopic (exact) mass is 272 g/mol. The van der Waals surface area contributed by atoms with Crippen LogP contribution in [0.1, 0.15) is 17.3 Å². The Hall–Kier alpha value is -2.49. The van der Waals surface area contributed by atoms with Crippen LogP contribution in [0.4, 0.5) is 0 Å². The lowest BCUT2D eigenvalue weighted by molar-refractivity contribution is 0.101. The van der Waals surface area contributed by atoms with Gasteiger partial charge in [-0.15, -0.1) is 0 Å². The van der Waals surface area contributed by atoms with Crippen molar-refractivity contribution in [2.45, 2.75) is 6.92 Å². The standard InChI is InChI=1S/C16H16O4/c1-11(17)12-6-4-7-13(10-12)20-16-14(18-2)8-5-9-15(16)19-3/h4-10H,1-3H3. The molecular weight excluding hydrogens is 256 g/mol. The van der Waals surface area contributed by atoms with Crippen molar-refractivity contribution in [2.75, 3.05) is 14.2 Å². The Balaban J connectivity index is 2.39. The summed E-state index contributed by atoms with van der Waals surface area (Å²) < 4.78 is 16.3. The van der Waals surface area contributed by atoms with Crippen molar-refractivity contribution in [3.8, 4) is 23.0 Å². The number of methoxy groups -OCH3 is 2. The molecule has 104 valence electrons. The third kappa shape index (κ3) is 2.91. The lowest BCUT2D eigenvalue weighted by Gasteiger charge is -2.14. The largest absolute Gasteiger partial charge is 0.493 e. The average molecular weight is 272 g/mol. The van der Waals surface area contributed by atoms with Crippen molar-refractivity contribution in [3.05, 3.63) is 48.0 Å². The summed E-state index contributed by atoms with van der Waals surface area (Å²) in [6.45, 7) is 1.52. The summed E-state index contributed by atoms with van der Waals surface area (Å²) in [7, 11) is 3.13. The number of ether oxygens (including phenoxy) is 3. The number of carbonyl (C=O) groups is 1. The number of para-hydroxylation sites is 1. The van der Waals surface area contributed by atoms with Crippen LogP contribution in [-0.4, -0.2) is 20.0 Å². The Morgan fingerprint density at radius 2 is 1.55 bits per heavy atom. The van der Waals surface area contributed by atoms with Crippen LogP contribution in [0.3, 0.4) is 0 Å². The Morgan fingerprint density at radius 1 is 0.950 bits per heavy atom. The summed E-state index contributed by atoms with van der Waals surface area (Å²) in [5.74, 6) is 2.16. The van der Waals surface area contributed by atoms with E-state index in [1.165, 1.54) is 6.92 Å². The fraction of sp³-hybridized carbons (Fsp3) is 0.188. The molecule has 0 aromatic heterocycles. The van der Waals surface area contributed by atoms with Crippen molar-refractivity contribution >= 4 is 5.78 Å². The first kappa shape index (κ1) is 13.9. The molecule has 0 saturated heterocycles. The van der Waals surface area contributed by atoms with Gasteiger partial charge in [-0.2, -0.15) is 0 Å². The first-order valence-corrected chi connectivity index (χ1v) is 6.15. The van der Waals surface area contributed by atoms with Gasteiger partial charge >= 0.3 is 0 Å². The van der Waals surface area contributed by atoms with Crippen LogP contribution >= 0.6 is 0 Å². The maximum Gasteiger partial charge on any atom is 0.210 e. The van der Waals surface area contributed by atoms with Gasteiger partial charge in [0.2, 0.25) is 5.75 Å². The van der Waals surface area contributed by atoms with E-state index in [1.54, 1.807) is 50.6 Å². The topological polar surface area (TPSA) is 44.8 Å². The molecular formula is C16H16O4. The molecule has 4 nitrogen and oxygen atoms in total. The number of Topliss-reactive ketones (excluding diaryl/α,β-unsaturated/α-hetero) is 1. The second-order valence-corrected chi connectivity index (χ2v) is 4.18. The van der Waals surface area contributed by atoms with Crippen LogP contribution < -0.4 is 14.2 Å². The van der Waals surface area contributed by atoms with Crippen LogP contribution in [0, 0.1) is 0 Å². The molecule has 0 bridgehead atoms. The third-order valence-corrected chi connectivity index (χ3v) is 2.84. The predicted octanol–water partition coefficient (Wildman–Crippen LogP) is 3.70. The minimum absolute atomic E-state index is 0.0116. The van der Waals surface area contributed by atoms with Gasteiger partial charge in [-0.05, 0) is 31.2 Å². The highest BCUT2D eigenvalue weighted by Gasteiger charge is 2.12. The number of hydrogen-bond acceptors (Lipinski definition) is 4. The van der Waals surface area contributed by atoms with Gasteiger partial charge in [0.05, 0.1) is 14.2 Å². The van der Waals surface area contributed by atoms with Crippen molar-refractivity contribution in [1.82, 2.24) is 0 Å². The molecule has 20 heavy (non-hydrogen) atoms. The van der Waals surface area contributed by atoms with E-state index in [1.807, 2.05) is 6.07 Å². The smallest absolute Gasteiger partial charge is 0.210 e. The van der Waals surface area contributed by atoms with Gasteiger partial charge < -0.3 is 14.2 Å². The zero-order valence-electron chi connectivity index (χ0n) is 11.7. The van der Waals surface area contributed by atoms with E-state index in [-0.39, 0.29) is 5.78 Å². The summed E-state index contributed by atoms with van der Waals surface area (Å²) in [5.41, 5.74) is 0.594. The number of hydrogen-bond donors (Lipinski definition) is 0. The first-order chi connectivity index (χ1) is 9.65. The Labute approximate surface area is 117 Å². The van der Waals surface area contributed by atoms with Crippen LogP contribution in [0.5, 0.6) is 23.0 Å². The normalized spacial score (nSPS) is 9.95. The summed E-state index contributed by atoms with van der Waals surface area (Å²) in [5, 5.41) is 0. The highest BCUT2D eigenvalue weighted by atomic mass is 16.5. The number of carbonyl (C=O) groups excluding carboxylic acids is 1. The molecule has 0 aliphatic rings. The van der Waals surface area contributed by atoms with E-state index in [9.17, 15) is 4.79 Å². The maximum absolute atomic E-state index is 11.4. The van der Waals surface area contributed by atoms with Crippen molar-refractivity contribution < 1.29 is 19.0 Å². The molecule has 0 saturated carbocycles. The van der Waals surface area contributed by atoms with E-state index in [2.05, 4.69) is 0 Å². The molecule has 0 spiro atoms. The summed E-state index contributed by atoms with van der Waals surface area (Å²) in [6, 6.07) is 12.4. The lowest BCUT2D eigenvalue weighted by atomic mass is 10.1. The molecule has 0 unspecified atom stereocenters. The number of ketones is 1. The van der Waals surface area contributed by atoms with E-state index >= 15 is 0 Å². The number of benzene rings is 2. The van der Waals surface area contributed by atoms with Gasteiger partial charge in [0.15, 0.2) is 17.3 Å². The van der Waals surface area contributed by atoms with Gasteiger partial charge in [-0.3, -0.25) is 4.79 Å². The zero-order valence-corrected chi connectivity index (χ0v) is 11.7. The highest BCUT2D eigenvalue weighted by molar-refractivity contribution is 5.94. The van der Waals surface area contributed by atoms with Gasteiger partial charge in [0.25, 0.3) is 0 Å². The second-order valence-electron chi connectivity index (χ2n) is 4.18. The first-order valence-electron chi connectivity index (χ1n) is 6.15. The minimum atomic E-state index is -0.0116. The summed E-state index contributed by atoms with van der Waals surface area (Å²) in [6.07, 6.45) is 0. The number of rotatable bonds is 5. The third-order valence-electron chi connectivity index (χ3n) is 2.84. The van der Waals surface area contributed by atoms with Gasteiger partial charge in [-0.25, -0.2) is 0 Å². The van der Waals surface area contributed by atoms with Crippen molar-refractivity contribution in [2.24, 2.45) is 0 Å². The van der Waals surface area contributed by atoms with Crippen LogP contribution in [0.25, 0.3) is 0 Å². The lowest BCUT2D eigenvalue weighted by Crippen LogP contribution is -1.96. The second kappa shape index (κ2) is 6.10. The van der Waals surface area contributed by atoms with Crippen LogP contribution in [-0.2, 0) is 0 Å². The van der Waals surface area contributed by atoms with E-state index in [0.717, 1.165) is 0 Å². The molecule has 2 aromatic carbocycles. The van der Waals surface area contributed by atoms with Crippen LogP contribution in [0.2, 0.25) is 0 Å².